The van der Waals surface area contributed by atoms with Crippen LogP contribution in [0.3, 0.4) is 0 Å². The Labute approximate surface area is 107 Å². The van der Waals surface area contributed by atoms with Gasteiger partial charge < -0.3 is 11.1 Å². The number of rotatable bonds is 9. The number of hydrogen-bond acceptors (Lipinski definition) is 2. The zero-order valence-electron chi connectivity index (χ0n) is 12.0. The van der Waals surface area contributed by atoms with Crippen LogP contribution in [0.1, 0.15) is 59.8 Å². The third kappa shape index (κ3) is 9.16. The van der Waals surface area contributed by atoms with Crippen LogP contribution in [0.25, 0.3) is 0 Å². The molecule has 0 aromatic carbocycles. The predicted octanol–water partition coefficient (Wildman–Crippen LogP) is 2.69. The molecule has 3 nitrogen and oxygen atoms in total. The molecule has 3 N–H and O–H groups in total. The van der Waals surface area contributed by atoms with E-state index in [-0.39, 0.29) is 11.9 Å². The second-order valence-corrected chi connectivity index (χ2v) is 5.58. The summed E-state index contributed by atoms with van der Waals surface area (Å²) in [6.07, 6.45) is 5.01. The lowest BCUT2D eigenvalue weighted by Gasteiger charge is -2.19. The molecule has 0 aliphatic rings. The highest BCUT2D eigenvalue weighted by molar-refractivity contribution is 5.76. The minimum atomic E-state index is 0.157. The van der Waals surface area contributed by atoms with Crippen molar-refractivity contribution in [2.45, 2.75) is 65.8 Å². The van der Waals surface area contributed by atoms with Crippen molar-refractivity contribution in [1.29, 1.82) is 0 Å². The zero-order valence-corrected chi connectivity index (χ0v) is 12.0. The number of hydrogen-bond donors (Lipinski definition) is 2. The van der Waals surface area contributed by atoms with Crippen molar-refractivity contribution in [3.8, 4) is 0 Å². The summed E-state index contributed by atoms with van der Waals surface area (Å²) >= 11 is 0. The van der Waals surface area contributed by atoms with Crippen molar-refractivity contribution >= 4 is 5.91 Å². The Bertz CT molecular complexity index is 204. The third-order valence-corrected chi connectivity index (χ3v) is 2.96. The van der Waals surface area contributed by atoms with Gasteiger partial charge in [0.05, 0.1) is 0 Å². The Balaban J connectivity index is 3.88. The number of amides is 1. The van der Waals surface area contributed by atoms with Gasteiger partial charge >= 0.3 is 0 Å². The SMILES string of the molecule is CCCCC(CN)NC(=O)CC(C)CC(C)C. The highest BCUT2D eigenvalue weighted by Gasteiger charge is 2.14. The maximum absolute atomic E-state index is 11.8. The molecule has 0 aliphatic heterocycles. The fourth-order valence-corrected chi connectivity index (χ4v) is 2.19. The molecule has 0 aromatic heterocycles. The molecule has 2 atom stereocenters. The Hall–Kier alpha value is -0.570. The van der Waals surface area contributed by atoms with Gasteiger partial charge in [0.25, 0.3) is 0 Å². The first kappa shape index (κ1) is 16.4. The Morgan fingerprint density at radius 1 is 1.29 bits per heavy atom. The quantitative estimate of drug-likeness (QED) is 0.653. The predicted molar refractivity (Wildman–Crippen MR) is 73.7 cm³/mol. The second kappa shape index (κ2) is 9.46. The Kier molecular flexibility index (Phi) is 9.14. The van der Waals surface area contributed by atoms with Crippen LogP contribution in [0.15, 0.2) is 0 Å². The molecule has 3 heteroatoms. The van der Waals surface area contributed by atoms with Crippen LogP contribution < -0.4 is 11.1 Å². The summed E-state index contributed by atoms with van der Waals surface area (Å²) in [4.78, 5) is 11.8. The maximum Gasteiger partial charge on any atom is 0.220 e. The standard InChI is InChI=1S/C14H30N2O/c1-5-6-7-13(10-15)16-14(17)9-12(4)8-11(2)3/h11-13H,5-10,15H2,1-4H3,(H,16,17). The number of nitrogens with two attached hydrogens (primary N) is 1. The molecule has 102 valence electrons. The molecule has 0 saturated carbocycles. The number of unbranched alkanes of at least 4 members (excludes halogenated alkanes) is 1. The first-order valence-electron chi connectivity index (χ1n) is 6.99. The lowest BCUT2D eigenvalue weighted by molar-refractivity contribution is -0.122. The minimum Gasteiger partial charge on any atom is -0.352 e. The lowest BCUT2D eigenvalue weighted by Crippen LogP contribution is -2.40. The molecule has 0 saturated heterocycles. The summed E-state index contributed by atoms with van der Waals surface area (Å²) < 4.78 is 0. The Morgan fingerprint density at radius 3 is 2.41 bits per heavy atom. The van der Waals surface area contributed by atoms with Gasteiger partial charge in [-0.2, -0.15) is 0 Å². The zero-order chi connectivity index (χ0) is 13.3. The van der Waals surface area contributed by atoms with Crippen molar-refractivity contribution in [2.75, 3.05) is 6.54 Å². The van der Waals surface area contributed by atoms with Crippen molar-refractivity contribution in [3.05, 3.63) is 0 Å². The molecule has 2 unspecified atom stereocenters. The van der Waals surface area contributed by atoms with Gasteiger partial charge in [0.2, 0.25) is 5.91 Å². The van der Waals surface area contributed by atoms with E-state index in [1.807, 2.05) is 0 Å². The van der Waals surface area contributed by atoms with E-state index in [1.54, 1.807) is 0 Å². The van der Waals surface area contributed by atoms with Gasteiger partial charge in [-0.25, -0.2) is 0 Å². The fraction of sp³-hybridized carbons (Fsp3) is 0.929. The molecule has 0 radical (unpaired) electrons. The Morgan fingerprint density at radius 2 is 1.94 bits per heavy atom. The first-order chi connectivity index (χ1) is 7.99. The van der Waals surface area contributed by atoms with Crippen molar-refractivity contribution < 1.29 is 4.79 Å². The smallest absolute Gasteiger partial charge is 0.220 e. The van der Waals surface area contributed by atoms with Crippen molar-refractivity contribution in [3.63, 3.8) is 0 Å². The van der Waals surface area contributed by atoms with Crippen LogP contribution >= 0.6 is 0 Å². The van der Waals surface area contributed by atoms with Gasteiger partial charge in [0.15, 0.2) is 0 Å². The summed E-state index contributed by atoms with van der Waals surface area (Å²) in [7, 11) is 0. The van der Waals surface area contributed by atoms with Gasteiger partial charge in [-0.3, -0.25) is 4.79 Å². The highest BCUT2D eigenvalue weighted by Crippen LogP contribution is 2.14. The van der Waals surface area contributed by atoms with E-state index in [9.17, 15) is 4.79 Å². The highest BCUT2D eigenvalue weighted by atomic mass is 16.1. The number of carbonyl (C=O) groups is 1. The molecule has 0 aromatic rings. The van der Waals surface area contributed by atoms with Crippen LogP contribution in [-0.4, -0.2) is 18.5 Å². The molecule has 0 fully saturated rings. The summed E-state index contributed by atoms with van der Waals surface area (Å²) in [6, 6.07) is 0.161. The van der Waals surface area contributed by atoms with E-state index in [2.05, 4.69) is 33.0 Å². The monoisotopic (exact) mass is 242 g/mol. The molecular formula is C14H30N2O. The van der Waals surface area contributed by atoms with Crippen LogP contribution in [0, 0.1) is 11.8 Å². The molecule has 0 spiro atoms. The summed E-state index contributed by atoms with van der Waals surface area (Å²) in [5.41, 5.74) is 5.66. The third-order valence-electron chi connectivity index (χ3n) is 2.96. The summed E-state index contributed by atoms with van der Waals surface area (Å²) in [5.74, 6) is 1.27. The van der Waals surface area contributed by atoms with Crippen molar-refractivity contribution in [1.82, 2.24) is 5.32 Å². The van der Waals surface area contributed by atoms with E-state index in [4.69, 9.17) is 5.73 Å². The lowest BCUT2D eigenvalue weighted by atomic mass is 9.95. The van der Waals surface area contributed by atoms with E-state index in [1.165, 1.54) is 0 Å². The number of carbonyl (C=O) groups excluding carboxylic acids is 1. The minimum absolute atomic E-state index is 0.157. The maximum atomic E-state index is 11.8. The largest absolute Gasteiger partial charge is 0.352 e. The average molecular weight is 242 g/mol. The van der Waals surface area contributed by atoms with Crippen LogP contribution in [0.5, 0.6) is 0 Å². The molecule has 17 heavy (non-hydrogen) atoms. The summed E-state index contributed by atoms with van der Waals surface area (Å²) in [6.45, 7) is 9.23. The molecule has 0 rings (SSSR count). The van der Waals surface area contributed by atoms with Gasteiger partial charge in [0.1, 0.15) is 0 Å². The van der Waals surface area contributed by atoms with Crippen LogP contribution in [-0.2, 0) is 4.79 Å². The van der Waals surface area contributed by atoms with Crippen LogP contribution in [0.4, 0.5) is 0 Å². The molecule has 1 amide bonds. The van der Waals surface area contributed by atoms with Crippen molar-refractivity contribution in [2.24, 2.45) is 17.6 Å². The van der Waals surface area contributed by atoms with Gasteiger partial charge in [-0.05, 0) is 24.7 Å². The van der Waals surface area contributed by atoms with Gasteiger partial charge in [-0.1, -0.05) is 40.5 Å². The van der Waals surface area contributed by atoms with E-state index >= 15 is 0 Å². The molecule has 0 aliphatic carbocycles. The molecule has 0 bridgehead atoms. The van der Waals surface area contributed by atoms with Crippen LogP contribution in [0.2, 0.25) is 0 Å². The van der Waals surface area contributed by atoms with E-state index in [0.717, 1.165) is 25.7 Å². The second-order valence-electron chi connectivity index (χ2n) is 5.58. The normalized spacial score (nSPS) is 14.7. The first-order valence-corrected chi connectivity index (χ1v) is 6.99. The van der Waals surface area contributed by atoms with E-state index < -0.39 is 0 Å². The van der Waals surface area contributed by atoms with E-state index in [0.29, 0.717) is 24.8 Å². The molecule has 0 heterocycles. The van der Waals surface area contributed by atoms with Gasteiger partial charge in [0, 0.05) is 19.0 Å². The molecular weight excluding hydrogens is 212 g/mol. The fourth-order valence-electron chi connectivity index (χ4n) is 2.19. The number of nitrogens with one attached hydrogen (secondary N) is 1. The topological polar surface area (TPSA) is 55.1 Å². The van der Waals surface area contributed by atoms with Gasteiger partial charge in [-0.15, -0.1) is 0 Å². The summed E-state index contributed by atoms with van der Waals surface area (Å²) in [5, 5.41) is 3.04. The average Bonchev–Trinajstić information content (AvgIpc) is 2.22.